The first-order chi connectivity index (χ1) is 15.9. The number of aryl methyl sites for hydroxylation is 1. The van der Waals surface area contributed by atoms with Crippen molar-refractivity contribution in [1.29, 1.82) is 0 Å². The van der Waals surface area contributed by atoms with Gasteiger partial charge >= 0.3 is 0 Å². The van der Waals surface area contributed by atoms with Crippen molar-refractivity contribution in [3.05, 3.63) is 77.9 Å². The number of anilines is 2. The van der Waals surface area contributed by atoms with E-state index in [1.807, 2.05) is 6.07 Å². The predicted molar refractivity (Wildman–Crippen MR) is 121 cm³/mol. The SMILES string of the molecule is Cc1ccc(N2CC(C(=O)NCc3cccc(NC(=O)Cn4cccn4)c3)CC2=O)c(F)c1. The van der Waals surface area contributed by atoms with Crippen molar-refractivity contribution in [2.24, 2.45) is 5.92 Å². The molecule has 3 amide bonds. The number of benzene rings is 2. The standard InChI is InChI=1S/C24H24FN5O3/c1-16-6-7-21(20(25)10-16)30-14-18(12-23(30)32)24(33)26-13-17-4-2-5-19(11-17)28-22(31)15-29-9-3-8-27-29/h2-11,18H,12-15H2,1H3,(H,26,33)(H,28,31). The van der Waals surface area contributed by atoms with Crippen LogP contribution in [0.2, 0.25) is 0 Å². The molecule has 1 fully saturated rings. The average molecular weight is 449 g/mol. The van der Waals surface area contributed by atoms with Gasteiger partial charge in [0.25, 0.3) is 0 Å². The summed E-state index contributed by atoms with van der Waals surface area (Å²) < 4.78 is 15.8. The van der Waals surface area contributed by atoms with Crippen LogP contribution < -0.4 is 15.5 Å². The lowest BCUT2D eigenvalue weighted by molar-refractivity contribution is -0.126. The highest BCUT2D eigenvalue weighted by Crippen LogP contribution is 2.28. The molecule has 170 valence electrons. The van der Waals surface area contributed by atoms with Crippen LogP contribution in [-0.4, -0.2) is 34.0 Å². The van der Waals surface area contributed by atoms with Gasteiger partial charge in [0.05, 0.1) is 11.6 Å². The predicted octanol–water partition coefficient (Wildman–Crippen LogP) is 2.64. The number of nitrogens with one attached hydrogen (secondary N) is 2. The van der Waals surface area contributed by atoms with Gasteiger partial charge in [-0.15, -0.1) is 0 Å². The Hall–Kier alpha value is -4.01. The molecule has 0 aliphatic carbocycles. The summed E-state index contributed by atoms with van der Waals surface area (Å²) in [7, 11) is 0. The molecule has 0 saturated carbocycles. The van der Waals surface area contributed by atoms with Crippen molar-refractivity contribution >= 4 is 29.1 Å². The van der Waals surface area contributed by atoms with Gasteiger partial charge in [-0.2, -0.15) is 5.10 Å². The van der Waals surface area contributed by atoms with Crippen LogP contribution in [-0.2, 0) is 27.5 Å². The Balaban J connectivity index is 1.32. The third-order valence-corrected chi connectivity index (χ3v) is 5.43. The Bertz CT molecular complexity index is 1180. The minimum Gasteiger partial charge on any atom is -0.352 e. The normalized spacial score (nSPS) is 15.5. The number of carbonyl (C=O) groups is 3. The van der Waals surface area contributed by atoms with Crippen LogP contribution in [0.25, 0.3) is 0 Å². The Labute approximate surface area is 190 Å². The van der Waals surface area contributed by atoms with E-state index in [1.165, 1.54) is 15.6 Å². The number of amides is 3. The second-order valence-corrected chi connectivity index (χ2v) is 8.03. The number of carbonyl (C=O) groups excluding carboxylic acids is 3. The van der Waals surface area contributed by atoms with Crippen LogP contribution in [0.3, 0.4) is 0 Å². The molecule has 9 heteroatoms. The van der Waals surface area contributed by atoms with E-state index in [-0.39, 0.29) is 49.5 Å². The van der Waals surface area contributed by atoms with Crippen molar-refractivity contribution in [2.75, 3.05) is 16.8 Å². The molecular formula is C24H24FN5O3. The first-order valence-electron chi connectivity index (χ1n) is 10.6. The van der Waals surface area contributed by atoms with Gasteiger partial charge in [-0.25, -0.2) is 4.39 Å². The Kier molecular flexibility index (Phi) is 6.48. The van der Waals surface area contributed by atoms with E-state index < -0.39 is 11.7 Å². The molecule has 3 aromatic rings. The second-order valence-electron chi connectivity index (χ2n) is 8.03. The molecule has 1 aromatic heterocycles. The van der Waals surface area contributed by atoms with E-state index >= 15 is 0 Å². The zero-order valence-electron chi connectivity index (χ0n) is 18.1. The number of hydrogen-bond donors (Lipinski definition) is 2. The van der Waals surface area contributed by atoms with E-state index in [9.17, 15) is 18.8 Å². The largest absolute Gasteiger partial charge is 0.352 e. The van der Waals surface area contributed by atoms with E-state index in [0.29, 0.717) is 5.69 Å². The first-order valence-corrected chi connectivity index (χ1v) is 10.6. The topological polar surface area (TPSA) is 96.3 Å². The summed E-state index contributed by atoms with van der Waals surface area (Å²) in [5, 5.41) is 9.64. The molecule has 8 nitrogen and oxygen atoms in total. The van der Waals surface area contributed by atoms with E-state index in [2.05, 4.69) is 15.7 Å². The van der Waals surface area contributed by atoms with Gasteiger partial charge in [0.2, 0.25) is 17.7 Å². The van der Waals surface area contributed by atoms with Gasteiger partial charge in [0, 0.05) is 37.6 Å². The van der Waals surface area contributed by atoms with E-state index in [1.54, 1.807) is 55.7 Å². The number of hydrogen-bond acceptors (Lipinski definition) is 4. The van der Waals surface area contributed by atoms with Crippen molar-refractivity contribution in [3.8, 4) is 0 Å². The molecule has 1 aliphatic rings. The van der Waals surface area contributed by atoms with Gasteiger partial charge < -0.3 is 15.5 Å². The maximum atomic E-state index is 14.3. The Morgan fingerprint density at radius 1 is 1.18 bits per heavy atom. The fourth-order valence-electron chi connectivity index (χ4n) is 3.78. The highest BCUT2D eigenvalue weighted by atomic mass is 19.1. The molecule has 1 atom stereocenters. The zero-order chi connectivity index (χ0) is 23.4. The Morgan fingerprint density at radius 3 is 2.79 bits per heavy atom. The smallest absolute Gasteiger partial charge is 0.246 e. The first kappa shape index (κ1) is 22.2. The van der Waals surface area contributed by atoms with Gasteiger partial charge in [0.1, 0.15) is 12.4 Å². The second kappa shape index (κ2) is 9.64. The lowest BCUT2D eigenvalue weighted by Crippen LogP contribution is -2.32. The van der Waals surface area contributed by atoms with Crippen molar-refractivity contribution in [1.82, 2.24) is 15.1 Å². The lowest BCUT2D eigenvalue weighted by Gasteiger charge is -2.18. The fraction of sp³-hybridized carbons (Fsp3) is 0.250. The van der Waals surface area contributed by atoms with Crippen LogP contribution in [0.15, 0.2) is 60.9 Å². The fourth-order valence-corrected chi connectivity index (χ4v) is 3.78. The third-order valence-electron chi connectivity index (χ3n) is 5.43. The van der Waals surface area contributed by atoms with Crippen LogP contribution in [0.4, 0.5) is 15.8 Å². The summed E-state index contributed by atoms with van der Waals surface area (Å²) >= 11 is 0. The third kappa shape index (κ3) is 5.43. The van der Waals surface area contributed by atoms with Crippen LogP contribution in [0, 0.1) is 18.7 Å². The molecule has 0 spiro atoms. The molecule has 4 rings (SSSR count). The van der Waals surface area contributed by atoms with Crippen LogP contribution in [0.5, 0.6) is 0 Å². The van der Waals surface area contributed by atoms with Crippen molar-refractivity contribution < 1.29 is 18.8 Å². The zero-order valence-corrected chi connectivity index (χ0v) is 18.1. The maximum absolute atomic E-state index is 14.3. The summed E-state index contributed by atoms with van der Waals surface area (Å²) in [4.78, 5) is 38.5. The summed E-state index contributed by atoms with van der Waals surface area (Å²) in [6.45, 7) is 2.25. The van der Waals surface area contributed by atoms with Crippen LogP contribution >= 0.6 is 0 Å². The van der Waals surface area contributed by atoms with Crippen LogP contribution in [0.1, 0.15) is 17.5 Å². The lowest BCUT2D eigenvalue weighted by atomic mass is 10.1. The highest BCUT2D eigenvalue weighted by Gasteiger charge is 2.36. The number of aromatic nitrogens is 2. The number of nitrogens with zero attached hydrogens (tertiary/aromatic N) is 3. The summed E-state index contributed by atoms with van der Waals surface area (Å²) in [6, 6.07) is 13.6. The maximum Gasteiger partial charge on any atom is 0.246 e. The molecule has 0 bridgehead atoms. The average Bonchev–Trinajstić information content (AvgIpc) is 3.42. The molecule has 1 aliphatic heterocycles. The molecule has 0 radical (unpaired) electrons. The summed E-state index contributed by atoms with van der Waals surface area (Å²) in [6.07, 6.45) is 3.33. The van der Waals surface area contributed by atoms with Crippen molar-refractivity contribution in [2.45, 2.75) is 26.4 Å². The highest BCUT2D eigenvalue weighted by molar-refractivity contribution is 6.00. The molecule has 1 saturated heterocycles. The minimum atomic E-state index is -0.560. The molecule has 33 heavy (non-hydrogen) atoms. The van der Waals surface area contributed by atoms with Crippen molar-refractivity contribution in [3.63, 3.8) is 0 Å². The van der Waals surface area contributed by atoms with Gasteiger partial charge in [-0.1, -0.05) is 18.2 Å². The molecule has 1 unspecified atom stereocenters. The molecule has 2 heterocycles. The molecular weight excluding hydrogens is 425 g/mol. The van der Waals surface area contributed by atoms with Gasteiger partial charge in [0.15, 0.2) is 0 Å². The van der Waals surface area contributed by atoms with E-state index in [0.717, 1.165) is 11.1 Å². The number of rotatable bonds is 7. The minimum absolute atomic E-state index is 0.0304. The molecule has 2 aromatic carbocycles. The monoisotopic (exact) mass is 449 g/mol. The Morgan fingerprint density at radius 2 is 2.03 bits per heavy atom. The van der Waals surface area contributed by atoms with E-state index in [4.69, 9.17) is 0 Å². The summed E-state index contributed by atoms with van der Waals surface area (Å²) in [5.74, 6) is -1.80. The quantitative estimate of drug-likeness (QED) is 0.580. The number of halogens is 1. The van der Waals surface area contributed by atoms with Gasteiger partial charge in [-0.3, -0.25) is 19.1 Å². The molecule has 2 N–H and O–H groups in total. The van der Waals surface area contributed by atoms with Gasteiger partial charge in [-0.05, 0) is 48.4 Å². The summed E-state index contributed by atoms with van der Waals surface area (Å²) in [5.41, 5.74) is 2.36.